The summed E-state index contributed by atoms with van der Waals surface area (Å²) in [6.45, 7) is 4.70. The Morgan fingerprint density at radius 1 is 0.508 bits per heavy atom. The fourth-order valence-electron chi connectivity index (χ4n) is 7.23. The van der Waals surface area contributed by atoms with Gasteiger partial charge in [0.2, 0.25) is 0 Å². The summed E-state index contributed by atoms with van der Waals surface area (Å²) in [5.41, 5.74) is 0. The van der Waals surface area contributed by atoms with Crippen molar-refractivity contribution in [2.45, 2.75) is 231 Å². The van der Waals surface area contributed by atoms with Crippen molar-refractivity contribution >= 4 is 17.9 Å². The number of rotatable bonds is 44. The second-order valence-electron chi connectivity index (χ2n) is 17.7. The van der Waals surface area contributed by atoms with Crippen LogP contribution in [0.2, 0.25) is 0 Å². The number of unbranched alkanes of at least 4 members (excludes halogenated alkanes) is 24. The molecule has 0 fully saturated rings. The van der Waals surface area contributed by atoms with E-state index in [-0.39, 0.29) is 42.7 Å². The highest BCUT2D eigenvalue weighted by atomic mass is 16.6. The summed E-state index contributed by atoms with van der Waals surface area (Å²) >= 11 is 0. The summed E-state index contributed by atoms with van der Waals surface area (Å²) in [7, 11) is 5.52. The van der Waals surface area contributed by atoms with E-state index in [0.717, 1.165) is 38.5 Å². The van der Waals surface area contributed by atoms with Crippen LogP contribution in [0, 0.1) is 0 Å². The molecule has 0 spiro atoms. The van der Waals surface area contributed by atoms with Gasteiger partial charge in [0.1, 0.15) is 6.61 Å². The van der Waals surface area contributed by atoms with E-state index in [2.05, 4.69) is 50.3 Å². The van der Waals surface area contributed by atoms with Gasteiger partial charge in [-0.3, -0.25) is 9.59 Å². The molecule has 0 rings (SSSR count). The average Bonchev–Trinajstić information content (AvgIpc) is 3.19. The van der Waals surface area contributed by atoms with Gasteiger partial charge in [0.25, 0.3) is 0 Å². The van der Waals surface area contributed by atoms with Crippen molar-refractivity contribution in [1.29, 1.82) is 0 Å². The van der Waals surface area contributed by atoms with Crippen molar-refractivity contribution in [3.63, 3.8) is 0 Å². The molecular formula is C51H94NO7+. The van der Waals surface area contributed by atoms with E-state index in [0.29, 0.717) is 19.3 Å². The van der Waals surface area contributed by atoms with Gasteiger partial charge in [-0.15, -0.1) is 0 Å². The fraction of sp³-hybridized carbons (Fsp3) is 0.824. The molecule has 0 aliphatic heterocycles. The lowest BCUT2D eigenvalue weighted by Crippen LogP contribution is -2.50. The Bertz CT molecular complexity index is 1060. The number of carbonyl (C=O) groups is 3. The standard InChI is InChI=1S/C51H93NO7/c1-6-8-10-12-14-16-18-20-22-24-26-27-29-31-33-35-37-39-41-49(53)58-46-47(45-57-44-43-48(51(55)56)52(3,4)5)59-50(54)42-40-38-36-34-32-30-28-25-23-21-19-17-15-13-11-9-7-2/h21,23,28,30,34,36,47-48H,6-20,22,24-27,29,31-33,35,37-46H2,1-5H3/p+1/b23-21+,30-28+,36-34+. The van der Waals surface area contributed by atoms with E-state index in [1.165, 1.54) is 141 Å². The number of nitrogens with zero attached hydrogens (tertiary/aromatic N) is 1. The molecule has 0 aromatic carbocycles. The molecule has 0 bridgehead atoms. The molecule has 0 saturated heterocycles. The van der Waals surface area contributed by atoms with Crippen LogP contribution in [-0.4, -0.2) is 80.6 Å². The number of ether oxygens (including phenoxy) is 3. The van der Waals surface area contributed by atoms with Crippen LogP contribution in [0.3, 0.4) is 0 Å². The Kier molecular flexibility index (Phi) is 40.5. The maximum absolute atomic E-state index is 12.7. The predicted octanol–water partition coefficient (Wildman–Crippen LogP) is 13.8. The van der Waals surface area contributed by atoms with Gasteiger partial charge in [0, 0.05) is 19.3 Å². The molecule has 344 valence electrons. The predicted molar refractivity (Wildman–Crippen MR) is 248 cm³/mol. The van der Waals surface area contributed by atoms with Crippen molar-refractivity contribution in [1.82, 2.24) is 0 Å². The molecular weight excluding hydrogens is 739 g/mol. The summed E-state index contributed by atoms with van der Waals surface area (Å²) in [5, 5.41) is 9.64. The maximum Gasteiger partial charge on any atom is 0.362 e. The van der Waals surface area contributed by atoms with Crippen LogP contribution in [0.15, 0.2) is 36.5 Å². The molecule has 0 saturated carbocycles. The molecule has 0 aliphatic carbocycles. The van der Waals surface area contributed by atoms with Crippen LogP contribution < -0.4 is 0 Å². The molecule has 1 N–H and O–H groups in total. The summed E-state index contributed by atoms with van der Waals surface area (Å²) in [6, 6.07) is -0.622. The first-order valence-electron chi connectivity index (χ1n) is 24.5. The van der Waals surface area contributed by atoms with Gasteiger partial charge >= 0.3 is 17.9 Å². The van der Waals surface area contributed by atoms with E-state index >= 15 is 0 Å². The third-order valence-electron chi connectivity index (χ3n) is 11.0. The molecule has 59 heavy (non-hydrogen) atoms. The molecule has 0 heterocycles. The fourth-order valence-corrected chi connectivity index (χ4v) is 7.23. The van der Waals surface area contributed by atoms with Gasteiger partial charge in [-0.2, -0.15) is 0 Å². The summed E-state index contributed by atoms with van der Waals surface area (Å²) in [6.07, 6.45) is 49.1. The zero-order valence-corrected chi connectivity index (χ0v) is 39.2. The van der Waals surface area contributed by atoms with Crippen LogP contribution >= 0.6 is 0 Å². The Morgan fingerprint density at radius 2 is 0.915 bits per heavy atom. The lowest BCUT2D eigenvalue weighted by Gasteiger charge is -2.31. The van der Waals surface area contributed by atoms with E-state index < -0.39 is 18.1 Å². The summed E-state index contributed by atoms with van der Waals surface area (Å²) < 4.78 is 17.3. The molecule has 0 amide bonds. The molecule has 2 unspecified atom stereocenters. The zero-order valence-electron chi connectivity index (χ0n) is 39.2. The number of carboxylic acids is 1. The smallest absolute Gasteiger partial charge is 0.362 e. The molecule has 0 aromatic heterocycles. The zero-order chi connectivity index (χ0) is 43.5. The van der Waals surface area contributed by atoms with Crippen LogP contribution in [0.4, 0.5) is 0 Å². The number of esters is 2. The number of likely N-dealkylation sites (N-methyl/N-ethyl adjacent to an activating group) is 1. The lowest BCUT2D eigenvalue weighted by atomic mass is 10.0. The highest BCUT2D eigenvalue weighted by molar-refractivity contribution is 5.72. The largest absolute Gasteiger partial charge is 0.477 e. The van der Waals surface area contributed by atoms with Crippen LogP contribution in [0.5, 0.6) is 0 Å². The minimum Gasteiger partial charge on any atom is -0.477 e. The second-order valence-corrected chi connectivity index (χ2v) is 17.7. The van der Waals surface area contributed by atoms with E-state index in [4.69, 9.17) is 14.2 Å². The second kappa shape index (κ2) is 42.2. The lowest BCUT2D eigenvalue weighted by molar-refractivity contribution is -0.887. The first-order chi connectivity index (χ1) is 28.6. The first kappa shape index (κ1) is 56.5. The van der Waals surface area contributed by atoms with Crippen molar-refractivity contribution in [2.75, 3.05) is 41.0 Å². The maximum atomic E-state index is 12.7. The highest BCUT2D eigenvalue weighted by Crippen LogP contribution is 2.16. The molecule has 2 atom stereocenters. The minimum atomic E-state index is -0.881. The first-order valence-corrected chi connectivity index (χ1v) is 24.5. The van der Waals surface area contributed by atoms with Gasteiger partial charge in [0.05, 0.1) is 34.4 Å². The Hall–Kier alpha value is -2.45. The van der Waals surface area contributed by atoms with Gasteiger partial charge in [-0.1, -0.05) is 192 Å². The monoisotopic (exact) mass is 833 g/mol. The number of aliphatic carboxylic acids is 1. The minimum absolute atomic E-state index is 0.0438. The van der Waals surface area contributed by atoms with Crippen LogP contribution in [0.25, 0.3) is 0 Å². The number of allylic oxidation sites excluding steroid dienone is 6. The summed E-state index contributed by atoms with van der Waals surface area (Å²) in [5.74, 6) is -1.52. The van der Waals surface area contributed by atoms with E-state index in [9.17, 15) is 19.5 Å². The molecule has 0 aromatic rings. The number of hydrogen-bond acceptors (Lipinski definition) is 6. The van der Waals surface area contributed by atoms with E-state index in [1.807, 2.05) is 21.1 Å². The number of carbonyl (C=O) groups excluding carboxylic acids is 2. The molecule has 8 heteroatoms. The Balaban J connectivity index is 4.33. The third kappa shape index (κ3) is 40.7. The highest BCUT2D eigenvalue weighted by Gasteiger charge is 2.31. The van der Waals surface area contributed by atoms with Crippen molar-refractivity contribution in [3.05, 3.63) is 36.5 Å². The van der Waals surface area contributed by atoms with E-state index in [1.54, 1.807) is 0 Å². The van der Waals surface area contributed by atoms with Crippen LogP contribution in [-0.2, 0) is 28.6 Å². The van der Waals surface area contributed by atoms with Gasteiger partial charge in [-0.25, -0.2) is 4.79 Å². The topological polar surface area (TPSA) is 99.1 Å². The normalized spacial score (nSPS) is 13.2. The number of hydrogen-bond donors (Lipinski definition) is 1. The van der Waals surface area contributed by atoms with Gasteiger partial charge < -0.3 is 23.8 Å². The Labute approximate surface area is 364 Å². The average molecular weight is 833 g/mol. The molecule has 0 aliphatic rings. The molecule has 0 radical (unpaired) electrons. The molecule has 8 nitrogen and oxygen atoms in total. The number of carboxylic acid groups (broad SMARTS) is 1. The van der Waals surface area contributed by atoms with Crippen molar-refractivity contribution in [2.24, 2.45) is 0 Å². The summed E-state index contributed by atoms with van der Waals surface area (Å²) in [4.78, 5) is 37.1. The third-order valence-corrected chi connectivity index (χ3v) is 11.0. The SMILES string of the molecule is CCCCCCCC/C=C/C/C=C/C/C=C/CCCC(=O)OC(COCCC(C(=O)O)[N+](C)(C)C)COC(=O)CCCCCCCCCCCCCCCCCCCC. The van der Waals surface area contributed by atoms with Gasteiger partial charge in [0.15, 0.2) is 12.1 Å². The van der Waals surface area contributed by atoms with Crippen molar-refractivity contribution < 1.29 is 38.2 Å². The number of quaternary nitrogens is 1. The van der Waals surface area contributed by atoms with Gasteiger partial charge in [-0.05, 0) is 44.9 Å². The van der Waals surface area contributed by atoms with Crippen molar-refractivity contribution in [3.8, 4) is 0 Å². The quantitative estimate of drug-likeness (QED) is 0.0282. The Morgan fingerprint density at radius 3 is 1.37 bits per heavy atom. The van der Waals surface area contributed by atoms with Crippen LogP contribution in [0.1, 0.15) is 219 Å².